The number of imide groups is 1. The first-order valence-electron chi connectivity index (χ1n) is 8.68. The molecule has 4 rings (SSSR count). The van der Waals surface area contributed by atoms with Crippen LogP contribution in [0.5, 0.6) is 0 Å². The van der Waals surface area contributed by atoms with Crippen LogP contribution in [0.25, 0.3) is 6.08 Å². The van der Waals surface area contributed by atoms with Gasteiger partial charge in [0.25, 0.3) is 0 Å². The topological polar surface area (TPSA) is 95.5 Å². The molecule has 0 saturated carbocycles. The van der Waals surface area contributed by atoms with Crippen molar-refractivity contribution in [1.29, 1.82) is 0 Å². The highest BCUT2D eigenvalue weighted by Gasteiger charge is 2.66. The largest absolute Gasteiger partial charge is 0.480 e. The minimum Gasteiger partial charge on any atom is -0.480 e. The summed E-state index contributed by atoms with van der Waals surface area (Å²) in [6.45, 7) is 0. The van der Waals surface area contributed by atoms with Crippen molar-refractivity contribution in [3.63, 3.8) is 0 Å². The molecule has 0 bridgehead atoms. The van der Waals surface area contributed by atoms with Gasteiger partial charge in [-0.3, -0.25) is 20.2 Å². The number of carbonyl (C=O) groups excluding carboxylic acids is 2. The van der Waals surface area contributed by atoms with Gasteiger partial charge in [-0.1, -0.05) is 72.8 Å². The first-order chi connectivity index (χ1) is 13.0. The van der Waals surface area contributed by atoms with E-state index in [1.165, 1.54) is 0 Å². The first kappa shape index (κ1) is 17.2. The van der Waals surface area contributed by atoms with Crippen molar-refractivity contribution in [2.24, 2.45) is 11.8 Å². The highest BCUT2D eigenvalue weighted by atomic mass is 16.4. The summed E-state index contributed by atoms with van der Waals surface area (Å²) in [7, 11) is 0. The quantitative estimate of drug-likeness (QED) is 0.717. The third-order valence-corrected chi connectivity index (χ3v) is 5.30. The number of carbonyl (C=O) groups is 3. The van der Waals surface area contributed by atoms with Crippen LogP contribution in [-0.4, -0.2) is 28.9 Å². The van der Waals surface area contributed by atoms with Gasteiger partial charge in [-0.25, -0.2) is 4.79 Å². The van der Waals surface area contributed by atoms with Gasteiger partial charge in [0.2, 0.25) is 11.8 Å². The zero-order valence-electron chi connectivity index (χ0n) is 14.3. The Kier molecular flexibility index (Phi) is 4.12. The van der Waals surface area contributed by atoms with Gasteiger partial charge in [0.15, 0.2) is 5.54 Å². The molecule has 2 saturated heterocycles. The molecular formula is C21H18N2O4. The molecule has 0 aliphatic carbocycles. The Morgan fingerprint density at radius 1 is 0.963 bits per heavy atom. The summed E-state index contributed by atoms with van der Waals surface area (Å²) in [4.78, 5) is 37.3. The normalized spacial score (nSPS) is 29.7. The molecule has 27 heavy (non-hydrogen) atoms. The second kappa shape index (κ2) is 6.48. The second-order valence-corrected chi connectivity index (χ2v) is 6.78. The van der Waals surface area contributed by atoms with Crippen LogP contribution in [0.2, 0.25) is 0 Å². The van der Waals surface area contributed by atoms with E-state index >= 15 is 0 Å². The number of rotatable bonds is 4. The maximum Gasteiger partial charge on any atom is 0.329 e. The van der Waals surface area contributed by atoms with Crippen LogP contribution in [0, 0.1) is 11.8 Å². The Hall–Kier alpha value is -3.25. The van der Waals surface area contributed by atoms with Gasteiger partial charge in [-0.2, -0.15) is 0 Å². The Bertz CT molecular complexity index is 926. The predicted octanol–water partition coefficient (Wildman–Crippen LogP) is 1.54. The predicted molar refractivity (Wildman–Crippen MR) is 98.3 cm³/mol. The van der Waals surface area contributed by atoms with Crippen molar-refractivity contribution in [1.82, 2.24) is 10.6 Å². The van der Waals surface area contributed by atoms with E-state index in [1.54, 1.807) is 36.4 Å². The first-order valence-corrected chi connectivity index (χ1v) is 8.68. The monoisotopic (exact) mass is 362 g/mol. The van der Waals surface area contributed by atoms with E-state index in [0.29, 0.717) is 5.56 Å². The lowest BCUT2D eigenvalue weighted by atomic mass is 9.76. The molecule has 0 aromatic heterocycles. The molecule has 2 aliphatic heterocycles. The van der Waals surface area contributed by atoms with Gasteiger partial charge in [-0.05, 0) is 11.1 Å². The molecule has 136 valence electrons. The molecule has 6 heteroatoms. The lowest BCUT2D eigenvalue weighted by Crippen LogP contribution is -2.53. The molecule has 2 amide bonds. The van der Waals surface area contributed by atoms with Crippen molar-refractivity contribution in [2.75, 3.05) is 0 Å². The van der Waals surface area contributed by atoms with Gasteiger partial charge >= 0.3 is 5.97 Å². The van der Waals surface area contributed by atoms with E-state index in [1.807, 2.05) is 36.4 Å². The number of benzene rings is 2. The van der Waals surface area contributed by atoms with Crippen LogP contribution in [0.15, 0.2) is 66.7 Å². The van der Waals surface area contributed by atoms with Crippen LogP contribution >= 0.6 is 0 Å². The van der Waals surface area contributed by atoms with Crippen LogP contribution in [-0.2, 0) is 19.9 Å². The number of amides is 2. The minimum absolute atomic E-state index is 0.445. The number of hydrogen-bond acceptors (Lipinski definition) is 4. The van der Waals surface area contributed by atoms with Crippen molar-refractivity contribution in [3.05, 3.63) is 77.9 Å². The molecule has 2 aromatic rings. The average Bonchev–Trinajstić information content (AvgIpc) is 3.19. The number of aliphatic carboxylic acids is 1. The van der Waals surface area contributed by atoms with E-state index in [9.17, 15) is 19.5 Å². The van der Waals surface area contributed by atoms with Gasteiger partial charge in [0.05, 0.1) is 11.8 Å². The van der Waals surface area contributed by atoms with E-state index in [0.717, 1.165) is 5.56 Å². The lowest BCUT2D eigenvalue weighted by molar-refractivity contribution is -0.149. The lowest BCUT2D eigenvalue weighted by Gasteiger charge is -2.30. The zero-order valence-corrected chi connectivity index (χ0v) is 14.3. The highest BCUT2D eigenvalue weighted by molar-refractivity contribution is 6.09. The summed E-state index contributed by atoms with van der Waals surface area (Å²) in [5, 5.41) is 15.5. The Morgan fingerprint density at radius 3 is 2.22 bits per heavy atom. The fourth-order valence-electron chi connectivity index (χ4n) is 4.10. The smallest absolute Gasteiger partial charge is 0.329 e. The maximum atomic E-state index is 12.5. The summed E-state index contributed by atoms with van der Waals surface area (Å²) in [6.07, 6.45) is 3.59. The van der Waals surface area contributed by atoms with Crippen LogP contribution < -0.4 is 10.6 Å². The van der Waals surface area contributed by atoms with E-state index < -0.39 is 41.2 Å². The van der Waals surface area contributed by atoms with Gasteiger partial charge < -0.3 is 5.11 Å². The number of carboxylic acid groups (broad SMARTS) is 1. The summed E-state index contributed by atoms with van der Waals surface area (Å²) in [5.41, 5.74) is -0.283. The van der Waals surface area contributed by atoms with Crippen molar-refractivity contribution in [2.45, 2.75) is 11.6 Å². The summed E-state index contributed by atoms with van der Waals surface area (Å²) in [5.74, 6) is -3.98. The molecule has 4 atom stereocenters. The number of nitrogens with one attached hydrogen (secondary N) is 2. The minimum atomic E-state index is -1.66. The molecule has 2 aliphatic rings. The SMILES string of the molecule is O=C1NC(=O)C2C1C(/C=C/c1ccccc1)NC2(C(=O)O)c1ccccc1. The number of carboxylic acids is 1. The molecular weight excluding hydrogens is 344 g/mol. The number of fused-ring (bicyclic) bond motifs is 1. The zero-order chi connectivity index (χ0) is 19.0. The van der Waals surface area contributed by atoms with Crippen molar-refractivity contribution < 1.29 is 19.5 Å². The third kappa shape index (κ3) is 2.65. The fourth-order valence-corrected chi connectivity index (χ4v) is 4.10. The Morgan fingerprint density at radius 2 is 1.59 bits per heavy atom. The van der Waals surface area contributed by atoms with E-state index in [4.69, 9.17) is 0 Å². The molecule has 0 radical (unpaired) electrons. The molecule has 4 unspecified atom stereocenters. The average molecular weight is 362 g/mol. The summed E-state index contributed by atoms with van der Waals surface area (Å²) < 4.78 is 0. The third-order valence-electron chi connectivity index (χ3n) is 5.30. The Balaban J connectivity index is 1.80. The van der Waals surface area contributed by atoms with E-state index in [2.05, 4.69) is 10.6 Å². The highest BCUT2D eigenvalue weighted by Crippen LogP contribution is 2.46. The molecule has 2 aromatic carbocycles. The summed E-state index contributed by atoms with van der Waals surface area (Å²) in [6, 6.07) is 17.5. The van der Waals surface area contributed by atoms with E-state index in [-0.39, 0.29) is 0 Å². The van der Waals surface area contributed by atoms with Gasteiger partial charge in [-0.15, -0.1) is 0 Å². The number of hydrogen-bond donors (Lipinski definition) is 3. The standard InChI is InChI=1S/C21H18N2O4/c24-18-16-15(12-11-13-7-3-1-4-8-13)23-21(20(26)27,17(16)19(25)22-18)14-9-5-2-6-10-14/h1-12,15-17,23H,(H,26,27)(H,22,24,25)/b12-11+. The molecule has 2 fully saturated rings. The Labute approximate surface area is 155 Å². The van der Waals surface area contributed by atoms with Gasteiger partial charge in [0.1, 0.15) is 0 Å². The molecule has 3 N–H and O–H groups in total. The van der Waals surface area contributed by atoms with Crippen LogP contribution in [0.4, 0.5) is 0 Å². The van der Waals surface area contributed by atoms with Crippen molar-refractivity contribution in [3.8, 4) is 0 Å². The van der Waals surface area contributed by atoms with Crippen molar-refractivity contribution >= 4 is 23.9 Å². The molecule has 6 nitrogen and oxygen atoms in total. The maximum absolute atomic E-state index is 12.5. The van der Waals surface area contributed by atoms with Crippen LogP contribution in [0.1, 0.15) is 11.1 Å². The second-order valence-electron chi connectivity index (χ2n) is 6.78. The van der Waals surface area contributed by atoms with Crippen LogP contribution in [0.3, 0.4) is 0 Å². The molecule has 0 spiro atoms. The fraction of sp³-hybridized carbons (Fsp3) is 0.190. The molecule has 2 heterocycles. The van der Waals surface area contributed by atoms with Gasteiger partial charge in [0, 0.05) is 6.04 Å². The summed E-state index contributed by atoms with van der Waals surface area (Å²) >= 11 is 0.